The Morgan fingerprint density at radius 3 is 2.49 bits per heavy atom. The van der Waals surface area contributed by atoms with Crippen molar-refractivity contribution in [2.75, 3.05) is 13.7 Å². The number of imide groups is 1. The molecule has 2 aromatic carbocycles. The lowest BCUT2D eigenvalue weighted by Gasteiger charge is -2.30. The van der Waals surface area contributed by atoms with Crippen molar-refractivity contribution in [1.82, 2.24) is 10.0 Å². The van der Waals surface area contributed by atoms with Gasteiger partial charge < -0.3 is 4.74 Å². The van der Waals surface area contributed by atoms with Crippen molar-refractivity contribution < 1.29 is 28.8 Å². The van der Waals surface area contributed by atoms with Crippen LogP contribution in [0.1, 0.15) is 40.5 Å². The number of hydrazine groups is 1. The maximum Gasteiger partial charge on any atom is 0.273 e. The standard InChI is InChI=1S/C25H23N3O7/c1-15-9-10-20-21(11-15)25(32)27(24(20)31)26(14-22(29)16-5-4-8-19(13-16)35-2)23(30)17-6-3-7-18(12-17)28(33)34/h3-9,12-13,20-21H,10-11,14H2,1-2H3/t20-,21-/m0/s1. The zero-order valence-corrected chi connectivity index (χ0v) is 19.2. The summed E-state index contributed by atoms with van der Waals surface area (Å²) in [5.74, 6) is -3.36. The van der Waals surface area contributed by atoms with Crippen molar-refractivity contribution in [2.45, 2.75) is 19.8 Å². The first-order valence-corrected chi connectivity index (χ1v) is 11.0. The highest BCUT2D eigenvalue weighted by molar-refractivity contribution is 6.10. The van der Waals surface area contributed by atoms with Crippen LogP contribution in [0.3, 0.4) is 0 Å². The summed E-state index contributed by atoms with van der Waals surface area (Å²) < 4.78 is 5.15. The second-order valence-corrected chi connectivity index (χ2v) is 8.52. The van der Waals surface area contributed by atoms with Crippen LogP contribution >= 0.6 is 0 Å². The molecule has 0 radical (unpaired) electrons. The second kappa shape index (κ2) is 9.49. The number of ether oxygens (including phenoxy) is 1. The Morgan fingerprint density at radius 1 is 1.09 bits per heavy atom. The molecule has 180 valence electrons. The number of Topliss-reactive ketones (excluding diaryl/α,β-unsaturated/α-hetero) is 1. The topological polar surface area (TPSA) is 127 Å². The molecule has 1 saturated heterocycles. The molecule has 2 aromatic rings. The van der Waals surface area contributed by atoms with Crippen LogP contribution < -0.4 is 4.74 Å². The van der Waals surface area contributed by atoms with E-state index in [0.29, 0.717) is 18.6 Å². The van der Waals surface area contributed by atoms with Crippen LogP contribution in [0.5, 0.6) is 5.75 Å². The number of hydrogen-bond donors (Lipinski definition) is 0. The second-order valence-electron chi connectivity index (χ2n) is 8.52. The van der Waals surface area contributed by atoms with Crippen molar-refractivity contribution in [1.29, 1.82) is 0 Å². The minimum absolute atomic E-state index is 0.123. The number of ketones is 1. The lowest BCUT2D eigenvalue weighted by atomic mass is 9.82. The van der Waals surface area contributed by atoms with Crippen molar-refractivity contribution in [3.8, 4) is 5.75 Å². The summed E-state index contributed by atoms with van der Waals surface area (Å²) in [5.41, 5.74) is 0.735. The molecule has 10 nitrogen and oxygen atoms in total. The van der Waals surface area contributed by atoms with E-state index in [4.69, 9.17) is 4.74 Å². The molecule has 0 spiro atoms. The number of methoxy groups -OCH3 is 1. The molecule has 0 saturated carbocycles. The lowest BCUT2D eigenvalue weighted by Crippen LogP contribution is -2.52. The Morgan fingerprint density at radius 2 is 1.77 bits per heavy atom. The molecule has 1 aliphatic carbocycles. The fraction of sp³-hybridized carbons (Fsp3) is 0.280. The molecule has 1 aliphatic heterocycles. The number of carbonyl (C=O) groups excluding carboxylic acids is 4. The summed E-state index contributed by atoms with van der Waals surface area (Å²) in [7, 11) is 1.45. The van der Waals surface area contributed by atoms with Crippen LogP contribution in [0.15, 0.2) is 60.2 Å². The zero-order valence-electron chi connectivity index (χ0n) is 19.2. The maximum absolute atomic E-state index is 13.5. The number of hydrogen-bond acceptors (Lipinski definition) is 7. The molecule has 35 heavy (non-hydrogen) atoms. The number of nitro benzene ring substituents is 1. The third-order valence-corrected chi connectivity index (χ3v) is 6.26. The first kappa shape index (κ1) is 23.8. The quantitative estimate of drug-likeness (QED) is 0.197. The van der Waals surface area contributed by atoms with Gasteiger partial charge in [-0.25, -0.2) is 5.01 Å². The van der Waals surface area contributed by atoms with Crippen molar-refractivity contribution in [3.63, 3.8) is 0 Å². The van der Waals surface area contributed by atoms with E-state index in [0.717, 1.165) is 21.7 Å². The molecule has 2 atom stereocenters. The van der Waals surface area contributed by atoms with E-state index in [1.54, 1.807) is 12.1 Å². The lowest BCUT2D eigenvalue weighted by molar-refractivity contribution is -0.384. The fourth-order valence-electron chi connectivity index (χ4n) is 4.42. The smallest absolute Gasteiger partial charge is 0.273 e. The average Bonchev–Trinajstić information content (AvgIpc) is 3.10. The van der Waals surface area contributed by atoms with Crippen molar-refractivity contribution in [3.05, 3.63) is 81.4 Å². The monoisotopic (exact) mass is 477 g/mol. The molecular weight excluding hydrogens is 454 g/mol. The molecule has 1 heterocycles. The number of nitro groups is 1. The molecule has 2 aliphatic rings. The molecular formula is C25H23N3O7. The van der Waals surface area contributed by atoms with Gasteiger partial charge in [-0.1, -0.05) is 29.8 Å². The van der Waals surface area contributed by atoms with Crippen LogP contribution in [-0.2, 0) is 9.59 Å². The number of carbonyl (C=O) groups is 4. The highest BCUT2D eigenvalue weighted by Crippen LogP contribution is 2.38. The number of fused-ring (bicyclic) bond motifs is 1. The summed E-state index contributed by atoms with van der Waals surface area (Å²) in [4.78, 5) is 63.8. The normalized spacial score (nSPS) is 19.1. The van der Waals surface area contributed by atoms with E-state index in [9.17, 15) is 29.3 Å². The molecule has 0 bridgehead atoms. The van der Waals surface area contributed by atoms with Gasteiger partial charge in [-0.15, -0.1) is 0 Å². The number of amides is 3. The Labute approximate surface area is 200 Å². The molecule has 4 rings (SSSR count). The van der Waals surface area contributed by atoms with Gasteiger partial charge in [0.25, 0.3) is 23.4 Å². The van der Waals surface area contributed by atoms with Crippen LogP contribution in [0.4, 0.5) is 5.69 Å². The van der Waals surface area contributed by atoms with Gasteiger partial charge in [-0.3, -0.25) is 29.3 Å². The Hall–Kier alpha value is -4.34. The summed E-state index contributed by atoms with van der Waals surface area (Å²) >= 11 is 0. The molecule has 0 aromatic heterocycles. The summed E-state index contributed by atoms with van der Waals surface area (Å²) in [6.45, 7) is 1.26. The van der Waals surface area contributed by atoms with E-state index in [-0.39, 0.29) is 16.8 Å². The van der Waals surface area contributed by atoms with Gasteiger partial charge in [0.2, 0.25) is 0 Å². The highest BCUT2D eigenvalue weighted by Gasteiger charge is 2.51. The van der Waals surface area contributed by atoms with E-state index in [2.05, 4.69) is 0 Å². The minimum atomic E-state index is -0.866. The van der Waals surface area contributed by atoms with Crippen LogP contribution in [0.25, 0.3) is 0 Å². The van der Waals surface area contributed by atoms with Gasteiger partial charge in [-0.2, -0.15) is 5.01 Å². The van der Waals surface area contributed by atoms with Gasteiger partial charge >= 0.3 is 0 Å². The molecule has 0 unspecified atom stereocenters. The Balaban J connectivity index is 1.72. The van der Waals surface area contributed by atoms with Crippen LogP contribution in [-0.4, -0.2) is 52.1 Å². The molecule has 0 N–H and O–H groups in total. The Bertz CT molecular complexity index is 1270. The number of rotatable bonds is 7. The largest absolute Gasteiger partial charge is 0.497 e. The summed E-state index contributed by atoms with van der Waals surface area (Å²) in [5, 5.41) is 12.8. The summed E-state index contributed by atoms with van der Waals surface area (Å²) in [6, 6.07) is 11.2. The van der Waals surface area contributed by atoms with E-state index < -0.39 is 46.8 Å². The fourth-order valence-corrected chi connectivity index (χ4v) is 4.42. The third kappa shape index (κ3) is 4.54. The van der Waals surface area contributed by atoms with Gasteiger partial charge in [0.15, 0.2) is 5.78 Å². The number of nitrogens with zero attached hydrogens (tertiary/aromatic N) is 3. The van der Waals surface area contributed by atoms with Crippen LogP contribution in [0.2, 0.25) is 0 Å². The first-order chi connectivity index (χ1) is 16.7. The highest BCUT2D eigenvalue weighted by atomic mass is 16.6. The number of benzene rings is 2. The SMILES string of the molecule is COc1cccc(C(=O)CN(C(=O)c2cccc([N+](=O)[O-])c2)N2C(=O)[C@H]3CC=C(C)C[C@@H]3C2=O)c1. The van der Waals surface area contributed by atoms with Gasteiger partial charge in [0.05, 0.1) is 23.9 Å². The van der Waals surface area contributed by atoms with E-state index in [1.807, 2.05) is 13.0 Å². The van der Waals surface area contributed by atoms with Crippen LogP contribution in [0, 0.1) is 22.0 Å². The zero-order chi connectivity index (χ0) is 25.3. The number of allylic oxidation sites excluding steroid dienone is 2. The van der Waals surface area contributed by atoms with E-state index >= 15 is 0 Å². The molecule has 3 amide bonds. The first-order valence-electron chi connectivity index (χ1n) is 11.0. The Kier molecular flexibility index (Phi) is 6.46. The van der Waals surface area contributed by atoms with Crippen molar-refractivity contribution in [2.24, 2.45) is 11.8 Å². The van der Waals surface area contributed by atoms with Gasteiger partial charge in [0.1, 0.15) is 12.3 Å². The van der Waals surface area contributed by atoms with Gasteiger partial charge in [-0.05, 0) is 38.0 Å². The predicted octanol–water partition coefficient (Wildman–Crippen LogP) is 3.18. The van der Waals surface area contributed by atoms with Crippen molar-refractivity contribution >= 4 is 29.2 Å². The minimum Gasteiger partial charge on any atom is -0.497 e. The molecule has 10 heteroatoms. The molecule has 1 fully saturated rings. The predicted molar refractivity (Wildman–Crippen MR) is 123 cm³/mol. The van der Waals surface area contributed by atoms with E-state index in [1.165, 1.54) is 37.4 Å². The average molecular weight is 477 g/mol. The third-order valence-electron chi connectivity index (χ3n) is 6.26. The summed E-state index contributed by atoms with van der Waals surface area (Å²) in [6.07, 6.45) is 2.64. The van der Waals surface area contributed by atoms with Gasteiger partial charge in [0, 0.05) is 23.3 Å². The maximum atomic E-state index is 13.5. The number of non-ortho nitro benzene ring substituents is 1.